The van der Waals surface area contributed by atoms with Crippen LogP contribution in [0.25, 0.3) is 0 Å². The van der Waals surface area contributed by atoms with Crippen molar-refractivity contribution < 1.29 is 9.53 Å². The monoisotopic (exact) mass is 262 g/mol. The number of carbonyl (C=O) groups excluding carboxylic acids is 1. The average Bonchev–Trinajstić information content (AvgIpc) is 2.46. The van der Waals surface area contributed by atoms with Gasteiger partial charge < -0.3 is 15.4 Å². The summed E-state index contributed by atoms with van der Waals surface area (Å²) in [4.78, 5) is 14.3. The summed E-state index contributed by atoms with van der Waals surface area (Å²) in [5, 5.41) is 0. The molecule has 104 valence electrons. The number of nitrogens with zero attached hydrogens (tertiary/aromatic N) is 1. The third-order valence-corrected chi connectivity index (χ3v) is 3.59. The molecule has 0 radical (unpaired) electrons. The molecule has 1 aromatic rings. The number of morpholine rings is 1. The first-order chi connectivity index (χ1) is 9.13. The van der Waals surface area contributed by atoms with E-state index in [1.807, 2.05) is 49.1 Å². The molecule has 1 aliphatic heterocycles. The SMILES string of the molecule is CC[C@H](N)C(=O)N1C[C@H](C)OC[C@@H]1c1ccccc1. The van der Waals surface area contributed by atoms with Crippen LogP contribution >= 0.6 is 0 Å². The summed E-state index contributed by atoms with van der Waals surface area (Å²) in [7, 11) is 0. The van der Waals surface area contributed by atoms with Crippen LogP contribution in [-0.2, 0) is 9.53 Å². The number of rotatable bonds is 3. The second-order valence-corrected chi connectivity index (χ2v) is 5.08. The molecule has 0 saturated carbocycles. The summed E-state index contributed by atoms with van der Waals surface area (Å²) < 4.78 is 5.70. The van der Waals surface area contributed by atoms with E-state index in [-0.39, 0.29) is 18.1 Å². The highest BCUT2D eigenvalue weighted by molar-refractivity contribution is 5.82. The van der Waals surface area contributed by atoms with E-state index in [2.05, 4.69) is 0 Å². The molecule has 0 bridgehead atoms. The molecular formula is C15H22N2O2. The first-order valence-corrected chi connectivity index (χ1v) is 6.86. The van der Waals surface area contributed by atoms with Gasteiger partial charge >= 0.3 is 0 Å². The van der Waals surface area contributed by atoms with E-state index in [9.17, 15) is 4.79 Å². The van der Waals surface area contributed by atoms with Crippen LogP contribution in [0.3, 0.4) is 0 Å². The highest BCUT2D eigenvalue weighted by atomic mass is 16.5. The topological polar surface area (TPSA) is 55.6 Å². The Morgan fingerprint density at radius 3 is 2.79 bits per heavy atom. The van der Waals surface area contributed by atoms with Gasteiger partial charge in [-0.3, -0.25) is 4.79 Å². The van der Waals surface area contributed by atoms with Gasteiger partial charge in [-0.05, 0) is 18.9 Å². The summed E-state index contributed by atoms with van der Waals surface area (Å²) in [5.41, 5.74) is 7.00. The molecule has 2 rings (SSSR count). The molecule has 19 heavy (non-hydrogen) atoms. The number of benzene rings is 1. The van der Waals surface area contributed by atoms with Gasteiger partial charge in [0, 0.05) is 6.54 Å². The summed E-state index contributed by atoms with van der Waals surface area (Å²) in [6.07, 6.45) is 0.722. The largest absolute Gasteiger partial charge is 0.374 e. The molecule has 4 nitrogen and oxygen atoms in total. The molecule has 0 unspecified atom stereocenters. The zero-order valence-electron chi connectivity index (χ0n) is 11.6. The van der Waals surface area contributed by atoms with Crippen LogP contribution < -0.4 is 5.73 Å². The fourth-order valence-corrected chi connectivity index (χ4v) is 2.38. The minimum atomic E-state index is -0.420. The molecule has 2 N–H and O–H groups in total. The number of amides is 1. The van der Waals surface area contributed by atoms with Gasteiger partial charge in [0.2, 0.25) is 5.91 Å². The lowest BCUT2D eigenvalue weighted by atomic mass is 10.0. The summed E-state index contributed by atoms with van der Waals surface area (Å²) in [6.45, 7) is 5.06. The molecule has 1 saturated heterocycles. The summed E-state index contributed by atoms with van der Waals surface area (Å²) >= 11 is 0. The van der Waals surface area contributed by atoms with Gasteiger partial charge in [0.05, 0.1) is 24.8 Å². The quantitative estimate of drug-likeness (QED) is 0.902. The Labute approximate surface area is 114 Å². The first-order valence-electron chi connectivity index (χ1n) is 6.86. The van der Waals surface area contributed by atoms with Crippen molar-refractivity contribution in [1.29, 1.82) is 0 Å². The van der Waals surface area contributed by atoms with Gasteiger partial charge in [0.15, 0.2) is 0 Å². The van der Waals surface area contributed by atoms with E-state index in [0.29, 0.717) is 19.6 Å². The number of carbonyl (C=O) groups is 1. The van der Waals surface area contributed by atoms with Crippen molar-refractivity contribution in [2.45, 2.75) is 38.5 Å². The Bertz CT molecular complexity index is 421. The van der Waals surface area contributed by atoms with Crippen molar-refractivity contribution in [3.8, 4) is 0 Å². The summed E-state index contributed by atoms with van der Waals surface area (Å²) in [5.74, 6) is 0.0199. The molecule has 0 aromatic heterocycles. The molecule has 1 aliphatic rings. The molecule has 1 aromatic carbocycles. The van der Waals surface area contributed by atoms with Gasteiger partial charge in [0.1, 0.15) is 0 Å². The van der Waals surface area contributed by atoms with Crippen LogP contribution in [0.5, 0.6) is 0 Å². The van der Waals surface area contributed by atoms with Gasteiger partial charge in [-0.2, -0.15) is 0 Å². The van der Waals surface area contributed by atoms with E-state index in [1.54, 1.807) is 0 Å². The van der Waals surface area contributed by atoms with Gasteiger partial charge in [-0.25, -0.2) is 0 Å². The molecule has 1 fully saturated rings. The van der Waals surface area contributed by atoms with Crippen molar-refractivity contribution in [2.75, 3.05) is 13.2 Å². The molecular weight excluding hydrogens is 240 g/mol. The number of ether oxygens (including phenoxy) is 1. The predicted molar refractivity (Wildman–Crippen MR) is 74.6 cm³/mol. The lowest BCUT2D eigenvalue weighted by Crippen LogP contribution is -2.52. The van der Waals surface area contributed by atoms with Crippen LogP contribution in [0.1, 0.15) is 31.9 Å². The Balaban J connectivity index is 2.22. The number of hydrogen-bond donors (Lipinski definition) is 1. The highest BCUT2D eigenvalue weighted by Gasteiger charge is 2.33. The Kier molecular flexibility index (Phi) is 4.56. The zero-order valence-corrected chi connectivity index (χ0v) is 11.6. The van der Waals surface area contributed by atoms with Crippen molar-refractivity contribution >= 4 is 5.91 Å². The van der Waals surface area contributed by atoms with Crippen molar-refractivity contribution in [3.05, 3.63) is 35.9 Å². The van der Waals surface area contributed by atoms with Crippen LogP contribution in [0, 0.1) is 0 Å². The Morgan fingerprint density at radius 2 is 2.16 bits per heavy atom. The number of hydrogen-bond acceptors (Lipinski definition) is 3. The maximum atomic E-state index is 12.4. The molecule has 0 aliphatic carbocycles. The summed E-state index contributed by atoms with van der Waals surface area (Å²) in [6, 6.07) is 9.55. The lowest BCUT2D eigenvalue weighted by Gasteiger charge is -2.40. The molecule has 3 atom stereocenters. The Hall–Kier alpha value is -1.39. The third-order valence-electron chi connectivity index (χ3n) is 3.59. The van der Waals surface area contributed by atoms with Gasteiger partial charge in [-0.1, -0.05) is 37.3 Å². The third kappa shape index (κ3) is 3.14. The van der Waals surface area contributed by atoms with E-state index in [1.165, 1.54) is 0 Å². The first kappa shape index (κ1) is 14.0. The fourth-order valence-electron chi connectivity index (χ4n) is 2.38. The fraction of sp³-hybridized carbons (Fsp3) is 0.533. The minimum absolute atomic E-state index is 0.0199. The molecule has 1 heterocycles. The Morgan fingerprint density at radius 1 is 1.47 bits per heavy atom. The van der Waals surface area contributed by atoms with Gasteiger partial charge in [-0.15, -0.1) is 0 Å². The van der Waals surface area contributed by atoms with E-state index in [4.69, 9.17) is 10.5 Å². The maximum absolute atomic E-state index is 12.4. The molecule has 1 amide bonds. The molecule has 0 spiro atoms. The predicted octanol–water partition coefficient (Wildman–Crippen LogP) is 1.71. The number of nitrogens with two attached hydrogens (primary N) is 1. The van der Waals surface area contributed by atoms with Crippen LogP contribution in [0.2, 0.25) is 0 Å². The lowest BCUT2D eigenvalue weighted by molar-refractivity contribution is -0.146. The van der Waals surface area contributed by atoms with E-state index < -0.39 is 6.04 Å². The van der Waals surface area contributed by atoms with Crippen molar-refractivity contribution in [2.24, 2.45) is 5.73 Å². The normalized spacial score (nSPS) is 25.1. The highest BCUT2D eigenvalue weighted by Crippen LogP contribution is 2.26. The minimum Gasteiger partial charge on any atom is -0.374 e. The van der Waals surface area contributed by atoms with Crippen LogP contribution in [-0.4, -0.2) is 36.1 Å². The second kappa shape index (κ2) is 6.17. The van der Waals surface area contributed by atoms with E-state index >= 15 is 0 Å². The smallest absolute Gasteiger partial charge is 0.240 e. The molecule has 4 heteroatoms. The maximum Gasteiger partial charge on any atom is 0.240 e. The average molecular weight is 262 g/mol. The zero-order chi connectivity index (χ0) is 13.8. The standard InChI is InChI=1S/C15H22N2O2/c1-3-13(16)15(18)17-9-11(2)19-10-14(17)12-7-5-4-6-8-12/h4-8,11,13-14H,3,9-10,16H2,1-2H3/t11-,13-,14+/m0/s1. The van der Waals surface area contributed by atoms with Gasteiger partial charge in [0.25, 0.3) is 0 Å². The van der Waals surface area contributed by atoms with E-state index in [0.717, 1.165) is 5.56 Å². The van der Waals surface area contributed by atoms with Crippen molar-refractivity contribution in [1.82, 2.24) is 4.90 Å². The van der Waals surface area contributed by atoms with Crippen LogP contribution in [0.15, 0.2) is 30.3 Å². The van der Waals surface area contributed by atoms with Crippen LogP contribution in [0.4, 0.5) is 0 Å². The van der Waals surface area contributed by atoms with Crippen molar-refractivity contribution in [3.63, 3.8) is 0 Å². The second-order valence-electron chi connectivity index (χ2n) is 5.08.